The smallest absolute Gasteiger partial charge is 0.0677 e. The van der Waals surface area contributed by atoms with E-state index in [1.165, 1.54) is 27.4 Å². The van der Waals surface area contributed by atoms with Crippen LogP contribution in [-0.2, 0) is 7.05 Å². The Kier molecular flexibility index (Phi) is 2.04. The van der Waals surface area contributed by atoms with Gasteiger partial charge < -0.3 is 4.57 Å². The molecule has 80 valence electrons. The van der Waals surface area contributed by atoms with E-state index in [4.69, 9.17) is 0 Å². The van der Waals surface area contributed by atoms with Gasteiger partial charge >= 0.3 is 0 Å². The molecule has 0 aliphatic carbocycles. The van der Waals surface area contributed by atoms with Gasteiger partial charge in [-0.25, -0.2) is 0 Å². The number of hydrogen-bond donors (Lipinski definition) is 0. The van der Waals surface area contributed by atoms with E-state index in [9.17, 15) is 0 Å². The van der Waals surface area contributed by atoms with Gasteiger partial charge in [-0.15, -0.1) is 0 Å². The number of aryl methyl sites for hydroxylation is 2. The number of hydrogen-bond acceptors (Lipinski definition) is 1. The fraction of sp³-hybridized carbons (Fsp3) is 0.154. The average Bonchev–Trinajstić information content (AvgIpc) is 2.54. The second kappa shape index (κ2) is 3.32. The number of benzene rings is 1. The number of aromatic nitrogens is 2. The van der Waals surface area contributed by atoms with Crippen molar-refractivity contribution >= 4 is 37.7 Å². The average molecular weight is 275 g/mol. The molecule has 0 spiro atoms. The number of nitrogens with zero attached hydrogens (tertiary/aromatic N) is 2. The van der Waals surface area contributed by atoms with E-state index >= 15 is 0 Å². The van der Waals surface area contributed by atoms with E-state index in [0.717, 1.165) is 4.47 Å². The third-order valence-corrected chi connectivity index (χ3v) is 3.56. The summed E-state index contributed by atoms with van der Waals surface area (Å²) >= 11 is 3.53. The highest BCUT2D eigenvalue weighted by molar-refractivity contribution is 9.10. The van der Waals surface area contributed by atoms with Crippen LogP contribution in [0.15, 0.2) is 35.1 Å². The first-order valence-electron chi connectivity index (χ1n) is 5.17. The molecule has 0 saturated heterocycles. The summed E-state index contributed by atoms with van der Waals surface area (Å²) in [5.74, 6) is 0. The summed E-state index contributed by atoms with van der Waals surface area (Å²) in [5.41, 5.74) is 3.66. The predicted octanol–water partition coefficient (Wildman–Crippen LogP) is 3.80. The Labute approximate surface area is 102 Å². The Morgan fingerprint density at radius 1 is 1.19 bits per heavy atom. The van der Waals surface area contributed by atoms with Gasteiger partial charge in [-0.05, 0) is 30.7 Å². The lowest BCUT2D eigenvalue weighted by atomic mass is 10.1. The van der Waals surface area contributed by atoms with Gasteiger partial charge in [0.1, 0.15) is 0 Å². The van der Waals surface area contributed by atoms with E-state index in [1.54, 1.807) is 0 Å². The topological polar surface area (TPSA) is 17.8 Å². The first-order valence-corrected chi connectivity index (χ1v) is 5.96. The van der Waals surface area contributed by atoms with Crippen LogP contribution in [0.5, 0.6) is 0 Å². The summed E-state index contributed by atoms with van der Waals surface area (Å²) in [6, 6.07) is 6.38. The third kappa shape index (κ3) is 1.21. The van der Waals surface area contributed by atoms with Crippen molar-refractivity contribution in [3.63, 3.8) is 0 Å². The summed E-state index contributed by atoms with van der Waals surface area (Å²) in [7, 11) is 2.08. The lowest BCUT2D eigenvalue weighted by molar-refractivity contribution is 1.01. The SMILES string of the molecule is Cc1cncc2c1c1cc(Br)ccc1n2C. The summed E-state index contributed by atoms with van der Waals surface area (Å²) in [5, 5.41) is 2.58. The van der Waals surface area contributed by atoms with E-state index in [0.29, 0.717) is 0 Å². The molecule has 3 heteroatoms. The second-order valence-corrected chi connectivity index (χ2v) is 4.99. The lowest BCUT2D eigenvalue weighted by Gasteiger charge is -1.97. The van der Waals surface area contributed by atoms with Gasteiger partial charge in [0.2, 0.25) is 0 Å². The summed E-state index contributed by atoms with van der Waals surface area (Å²) in [6.45, 7) is 2.11. The van der Waals surface area contributed by atoms with E-state index in [-0.39, 0.29) is 0 Å². The van der Waals surface area contributed by atoms with Crippen molar-refractivity contribution in [1.82, 2.24) is 9.55 Å². The fourth-order valence-corrected chi connectivity index (χ4v) is 2.65. The molecule has 3 rings (SSSR count). The summed E-state index contributed by atoms with van der Waals surface area (Å²) in [6.07, 6.45) is 3.85. The molecule has 2 heterocycles. The molecule has 0 amide bonds. The Bertz CT molecular complexity index is 698. The van der Waals surface area contributed by atoms with Crippen LogP contribution in [0.3, 0.4) is 0 Å². The predicted molar refractivity (Wildman–Crippen MR) is 70.7 cm³/mol. The quantitative estimate of drug-likeness (QED) is 0.610. The summed E-state index contributed by atoms with van der Waals surface area (Å²) < 4.78 is 3.31. The van der Waals surface area contributed by atoms with E-state index in [1.807, 2.05) is 12.4 Å². The minimum absolute atomic E-state index is 1.11. The second-order valence-electron chi connectivity index (χ2n) is 4.07. The zero-order valence-corrected chi connectivity index (χ0v) is 10.7. The highest BCUT2D eigenvalue weighted by atomic mass is 79.9. The van der Waals surface area contributed by atoms with Gasteiger partial charge in [0.15, 0.2) is 0 Å². The lowest BCUT2D eigenvalue weighted by Crippen LogP contribution is -1.87. The number of pyridine rings is 1. The van der Waals surface area contributed by atoms with Crippen LogP contribution in [0.4, 0.5) is 0 Å². The Hall–Kier alpha value is -1.35. The Morgan fingerprint density at radius 3 is 2.81 bits per heavy atom. The molecule has 0 bridgehead atoms. The first-order chi connectivity index (χ1) is 7.68. The van der Waals surface area contributed by atoms with E-state index < -0.39 is 0 Å². The van der Waals surface area contributed by atoms with Crippen molar-refractivity contribution < 1.29 is 0 Å². The minimum Gasteiger partial charge on any atom is -0.342 e. The molecule has 3 aromatic rings. The van der Waals surface area contributed by atoms with Crippen molar-refractivity contribution in [2.45, 2.75) is 6.92 Å². The van der Waals surface area contributed by atoms with Gasteiger partial charge in [0.05, 0.1) is 11.7 Å². The molecule has 0 saturated carbocycles. The van der Waals surface area contributed by atoms with Crippen LogP contribution >= 0.6 is 15.9 Å². The number of halogens is 1. The summed E-state index contributed by atoms with van der Waals surface area (Å²) in [4.78, 5) is 4.26. The Balaban J connectivity index is 2.66. The maximum absolute atomic E-state index is 4.26. The molecule has 0 atom stereocenters. The van der Waals surface area contributed by atoms with Crippen molar-refractivity contribution in [3.05, 3.63) is 40.6 Å². The van der Waals surface area contributed by atoms with Crippen LogP contribution in [0, 0.1) is 6.92 Å². The maximum atomic E-state index is 4.26. The zero-order chi connectivity index (χ0) is 11.3. The Morgan fingerprint density at radius 2 is 2.00 bits per heavy atom. The van der Waals surface area contributed by atoms with Crippen LogP contribution in [0.25, 0.3) is 21.8 Å². The molecular formula is C13H11BrN2. The highest BCUT2D eigenvalue weighted by Crippen LogP contribution is 2.31. The largest absolute Gasteiger partial charge is 0.342 e. The molecule has 0 radical (unpaired) electrons. The van der Waals surface area contributed by atoms with Gasteiger partial charge in [-0.2, -0.15) is 0 Å². The molecule has 2 aromatic heterocycles. The number of rotatable bonds is 0. The maximum Gasteiger partial charge on any atom is 0.0677 e. The highest BCUT2D eigenvalue weighted by Gasteiger charge is 2.10. The molecule has 0 aliphatic rings. The standard InChI is InChI=1S/C13H11BrN2/c1-8-6-15-7-12-13(8)10-5-9(14)3-4-11(10)16(12)2/h3-7H,1-2H3. The normalized spacial score (nSPS) is 11.4. The van der Waals surface area contributed by atoms with Gasteiger partial charge in [-0.3, -0.25) is 4.98 Å². The molecule has 0 aliphatic heterocycles. The molecular weight excluding hydrogens is 264 g/mol. The fourth-order valence-electron chi connectivity index (χ4n) is 2.29. The monoisotopic (exact) mass is 274 g/mol. The molecule has 0 fully saturated rings. The van der Waals surface area contributed by atoms with Crippen molar-refractivity contribution in [1.29, 1.82) is 0 Å². The van der Waals surface area contributed by atoms with Crippen molar-refractivity contribution in [2.75, 3.05) is 0 Å². The van der Waals surface area contributed by atoms with Crippen LogP contribution < -0.4 is 0 Å². The van der Waals surface area contributed by atoms with Crippen LogP contribution in [-0.4, -0.2) is 9.55 Å². The van der Waals surface area contributed by atoms with Crippen molar-refractivity contribution in [3.8, 4) is 0 Å². The molecule has 2 nitrogen and oxygen atoms in total. The van der Waals surface area contributed by atoms with Gasteiger partial charge in [-0.1, -0.05) is 15.9 Å². The van der Waals surface area contributed by atoms with Gasteiger partial charge in [0, 0.05) is 34.0 Å². The van der Waals surface area contributed by atoms with E-state index in [2.05, 4.69) is 57.7 Å². The molecule has 16 heavy (non-hydrogen) atoms. The van der Waals surface area contributed by atoms with Crippen molar-refractivity contribution in [2.24, 2.45) is 7.05 Å². The first kappa shape index (κ1) is 9.85. The van der Waals surface area contributed by atoms with Crippen LogP contribution in [0.2, 0.25) is 0 Å². The number of fused-ring (bicyclic) bond motifs is 3. The molecule has 0 unspecified atom stereocenters. The molecule has 1 aromatic carbocycles. The zero-order valence-electron chi connectivity index (χ0n) is 9.16. The van der Waals surface area contributed by atoms with Crippen LogP contribution in [0.1, 0.15) is 5.56 Å². The third-order valence-electron chi connectivity index (χ3n) is 3.07. The molecule has 0 N–H and O–H groups in total. The minimum atomic E-state index is 1.11. The van der Waals surface area contributed by atoms with Gasteiger partial charge in [0.25, 0.3) is 0 Å².